The summed E-state index contributed by atoms with van der Waals surface area (Å²) in [6.07, 6.45) is 21.3. The number of hydrogen-bond acceptors (Lipinski definition) is 5. The molecule has 4 aliphatic rings. The van der Waals surface area contributed by atoms with Gasteiger partial charge in [0.05, 0.1) is 18.5 Å². The van der Waals surface area contributed by atoms with Crippen molar-refractivity contribution >= 4 is 0 Å². The summed E-state index contributed by atoms with van der Waals surface area (Å²) in [7, 11) is 0. The van der Waals surface area contributed by atoms with Crippen LogP contribution >= 0.6 is 0 Å². The second-order valence-electron chi connectivity index (χ2n) is 11.1. The molecule has 190 valence electrons. The van der Waals surface area contributed by atoms with Crippen LogP contribution in [0.3, 0.4) is 0 Å². The van der Waals surface area contributed by atoms with Crippen molar-refractivity contribution in [1.82, 2.24) is 0 Å². The Morgan fingerprint density at radius 1 is 0.879 bits per heavy atom. The Morgan fingerprint density at radius 2 is 1.58 bits per heavy atom. The van der Waals surface area contributed by atoms with E-state index in [4.69, 9.17) is 18.9 Å². The van der Waals surface area contributed by atoms with E-state index in [1.165, 1.54) is 51.2 Å². The standard InChI is InChI=1S/C28H48O5/c1-21-20-26(33-28-14-6-8-19-31-28)24(23(21)12-9-17-29)15-16-25(22-10-3-2-4-11-22)32-27-13-5-7-18-30-27/h9,17,21-29H,2-8,10-16,18-20H2,1H3/b17-9-/t21-,23-,24+,25+,26+,27?,28?/m0/s1. The van der Waals surface area contributed by atoms with Gasteiger partial charge in [0.25, 0.3) is 0 Å². The van der Waals surface area contributed by atoms with Crippen molar-refractivity contribution < 1.29 is 24.1 Å². The van der Waals surface area contributed by atoms with Crippen molar-refractivity contribution in [3.05, 3.63) is 12.3 Å². The molecule has 7 atom stereocenters. The van der Waals surface area contributed by atoms with Crippen LogP contribution in [0, 0.1) is 23.7 Å². The maximum atomic E-state index is 9.33. The predicted octanol–water partition coefficient (Wildman–Crippen LogP) is 6.90. The zero-order chi connectivity index (χ0) is 22.9. The summed E-state index contributed by atoms with van der Waals surface area (Å²) in [6.45, 7) is 4.03. The Kier molecular flexibility index (Phi) is 10.4. The molecule has 0 aromatic heterocycles. The Balaban J connectivity index is 1.41. The number of ether oxygens (including phenoxy) is 4. The highest BCUT2D eigenvalue weighted by Gasteiger charge is 2.43. The lowest BCUT2D eigenvalue weighted by molar-refractivity contribution is -0.207. The third kappa shape index (κ3) is 7.43. The molecular weight excluding hydrogens is 416 g/mol. The molecule has 5 heteroatoms. The molecule has 2 saturated carbocycles. The number of rotatable bonds is 10. The summed E-state index contributed by atoms with van der Waals surface area (Å²) >= 11 is 0. The molecule has 0 aromatic carbocycles. The minimum atomic E-state index is -0.0355. The molecule has 0 aromatic rings. The van der Waals surface area contributed by atoms with Crippen LogP contribution in [0.4, 0.5) is 0 Å². The fourth-order valence-electron chi connectivity index (χ4n) is 6.90. The van der Waals surface area contributed by atoms with Crippen LogP contribution in [0.1, 0.15) is 103 Å². The first-order valence-electron chi connectivity index (χ1n) is 14.1. The van der Waals surface area contributed by atoms with E-state index in [2.05, 4.69) is 6.92 Å². The Labute approximate surface area is 201 Å². The number of hydrogen-bond donors (Lipinski definition) is 1. The zero-order valence-corrected chi connectivity index (χ0v) is 20.9. The Hall–Kier alpha value is -0.620. The van der Waals surface area contributed by atoms with Gasteiger partial charge >= 0.3 is 0 Å². The van der Waals surface area contributed by atoms with Crippen molar-refractivity contribution in [3.8, 4) is 0 Å². The van der Waals surface area contributed by atoms with Crippen LogP contribution < -0.4 is 0 Å². The topological polar surface area (TPSA) is 57.2 Å². The van der Waals surface area contributed by atoms with Gasteiger partial charge in [-0.05, 0) is 107 Å². The summed E-state index contributed by atoms with van der Waals surface area (Å²) in [5, 5.41) is 9.33. The van der Waals surface area contributed by atoms with Gasteiger partial charge in [-0.3, -0.25) is 0 Å². The first kappa shape index (κ1) is 25.5. The zero-order valence-electron chi connectivity index (χ0n) is 20.9. The summed E-state index contributed by atoms with van der Waals surface area (Å²) < 4.78 is 25.2. The molecule has 4 rings (SSSR count). The quantitative estimate of drug-likeness (QED) is 0.356. The minimum absolute atomic E-state index is 0.0102. The van der Waals surface area contributed by atoms with Gasteiger partial charge in [0.1, 0.15) is 0 Å². The second-order valence-corrected chi connectivity index (χ2v) is 11.1. The van der Waals surface area contributed by atoms with E-state index in [1.807, 2.05) is 6.08 Å². The van der Waals surface area contributed by atoms with Crippen molar-refractivity contribution in [1.29, 1.82) is 0 Å². The first-order chi connectivity index (χ1) is 16.2. The minimum Gasteiger partial charge on any atom is -0.516 e. The van der Waals surface area contributed by atoms with E-state index in [0.29, 0.717) is 29.8 Å². The molecule has 2 heterocycles. The Morgan fingerprint density at radius 3 is 2.24 bits per heavy atom. The largest absolute Gasteiger partial charge is 0.516 e. The van der Waals surface area contributed by atoms with Crippen LogP contribution in [-0.2, 0) is 18.9 Å². The van der Waals surface area contributed by atoms with E-state index >= 15 is 0 Å². The summed E-state index contributed by atoms with van der Waals surface area (Å²) in [4.78, 5) is 0. The van der Waals surface area contributed by atoms with Gasteiger partial charge in [-0.2, -0.15) is 0 Å². The second kappa shape index (κ2) is 13.5. The summed E-state index contributed by atoms with van der Waals surface area (Å²) in [5.41, 5.74) is 0. The molecule has 33 heavy (non-hydrogen) atoms. The van der Waals surface area contributed by atoms with E-state index in [-0.39, 0.29) is 18.7 Å². The maximum absolute atomic E-state index is 9.33. The lowest BCUT2D eigenvalue weighted by Crippen LogP contribution is -2.35. The average Bonchev–Trinajstić information content (AvgIpc) is 3.15. The van der Waals surface area contributed by atoms with Gasteiger partial charge in [-0.15, -0.1) is 0 Å². The Bertz CT molecular complexity index is 563. The summed E-state index contributed by atoms with van der Waals surface area (Å²) in [6, 6.07) is 0. The first-order valence-corrected chi connectivity index (χ1v) is 14.1. The van der Waals surface area contributed by atoms with Crippen molar-refractivity contribution in [2.24, 2.45) is 23.7 Å². The average molecular weight is 465 g/mol. The molecule has 0 radical (unpaired) electrons. The van der Waals surface area contributed by atoms with Crippen LogP contribution in [0.2, 0.25) is 0 Å². The molecule has 2 saturated heterocycles. The molecule has 2 unspecified atom stereocenters. The van der Waals surface area contributed by atoms with Gasteiger partial charge in [0, 0.05) is 13.2 Å². The van der Waals surface area contributed by atoms with Gasteiger partial charge in [-0.1, -0.05) is 26.2 Å². The molecule has 0 spiro atoms. The van der Waals surface area contributed by atoms with E-state index in [1.54, 1.807) is 0 Å². The molecule has 0 amide bonds. The molecule has 1 N–H and O–H groups in total. The monoisotopic (exact) mass is 464 g/mol. The van der Waals surface area contributed by atoms with Crippen molar-refractivity contribution in [2.75, 3.05) is 13.2 Å². The lowest BCUT2D eigenvalue weighted by atomic mass is 9.79. The fourth-order valence-corrected chi connectivity index (χ4v) is 6.90. The summed E-state index contributed by atoms with van der Waals surface area (Å²) in [5.74, 6) is 2.29. The highest BCUT2D eigenvalue weighted by molar-refractivity contribution is 4.94. The molecule has 2 aliphatic heterocycles. The normalized spacial score (nSPS) is 37.5. The third-order valence-corrected chi connectivity index (χ3v) is 8.77. The molecule has 0 bridgehead atoms. The third-order valence-electron chi connectivity index (χ3n) is 8.77. The number of allylic oxidation sites excluding steroid dienone is 1. The van der Waals surface area contributed by atoms with E-state index < -0.39 is 0 Å². The van der Waals surface area contributed by atoms with Gasteiger partial charge in [0.15, 0.2) is 12.6 Å². The van der Waals surface area contributed by atoms with Crippen LogP contribution in [0.15, 0.2) is 12.3 Å². The van der Waals surface area contributed by atoms with Crippen molar-refractivity contribution in [2.45, 2.75) is 128 Å². The predicted molar refractivity (Wildman–Crippen MR) is 130 cm³/mol. The number of aliphatic hydroxyl groups is 1. The van der Waals surface area contributed by atoms with E-state index in [0.717, 1.165) is 64.6 Å². The smallest absolute Gasteiger partial charge is 0.157 e. The molecule has 2 aliphatic carbocycles. The molecule has 4 fully saturated rings. The molecule has 5 nitrogen and oxygen atoms in total. The van der Waals surface area contributed by atoms with Crippen LogP contribution in [0.5, 0.6) is 0 Å². The van der Waals surface area contributed by atoms with E-state index in [9.17, 15) is 5.11 Å². The maximum Gasteiger partial charge on any atom is 0.157 e. The molecular formula is C28H48O5. The van der Waals surface area contributed by atoms with Crippen molar-refractivity contribution in [3.63, 3.8) is 0 Å². The fraction of sp³-hybridized carbons (Fsp3) is 0.929. The highest BCUT2D eigenvalue weighted by Crippen LogP contribution is 2.45. The van der Waals surface area contributed by atoms with Gasteiger partial charge in [-0.25, -0.2) is 0 Å². The van der Waals surface area contributed by atoms with Crippen LogP contribution in [-0.4, -0.2) is 43.1 Å². The van der Waals surface area contributed by atoms with Gasteiger partial charge < -0.3 is 24.1 Å². The SMILES string of the molecule is C[C@H]1C[C@@H](OC2CCCCO2)[C@H](CC[C@@H](OC2CCCCO2)C2CCCCC2)[C@H]1C/C=C\O. The lowest BCUT2D eigenvalue weighted by Gasteiger charge is -2.36. The van der Waals surface area contributed by atoms with Crippen LogP contribution in [0.25, 0.3) is 0 Å². The highest BCUT2D eigenvalue weighted by atomic mass is 16.7. The van der Waals surface area contributed by atoms with Gasteiger partial charge in [0.2, 0.25) is 0 Å². The number of aliphatic hydroxyl groups excluding tert-OH is 1.